The largest absolute Gasteiger partial charge is 0.496 e. The molecule has 28 heavy (non-hydrogen) atoms. The fourth-order valence-corrected chi connectivity index (χ4v) is 3.05. The number of ether oxygens (including phenoxy) is 2. The van der Waals surface area contributed by atoms with Gasteiger partial charge in [0.1, 0.15) is 17.5 Å². The molecule has 3 rings (SSSR count). The predicted octanol–water partition coefficient (Wildman–Crippen LogP) is 3.45. The van der Waals surface area contributed by atoms with Gasteiger partial charge in [-0.05, 0) is 42.9 Å². The Hall–Kier alpha value is -3.62. The second-order valence-corrected chi connectivity index (χ2v) is 6.17. The number of nitro groups is 1. The Morgan fingerprint density at radius 2 is 1.75 bits per heavy atom. The highest BCUT2D eigenvalue weighted by Crippen LogP contribution is 2.37. The minimum Gasteiger partial charge on any atom is -0.496 e. The van der Waals surface area contributed by atoms with Crippen molar-refractivity contribution in [2.45, 2.75) is 20.8 Å². The van der Waals surface area contributed by atoms with E-state index in [0.717, 1.165) is 16.7 Å². The van der Waals surface area contributed by atoms with Crippen LogP contribution < -0.4 is 9.47 Å². The van der Waals surface area contributed by atoms with E-state index in [1.54, 1.807) is 20.1 Å². The summed E-state index contributed by atoms with van der Waals surface area (Å²) >= 11 is 0. The van der Waals surface area contributed by atoms with E-state index in [0.29, 0.717) is 28.5 Å². The van der Waals surface area contributed by atoms with Gasteiger partial charge in [0.15, 0.2) is 11.5 Å². The van der Waals surface area contributed by atoms with Crippen LogP contribution in [0, 0.1) is 30.9 Å². The van der Waals surface area contributed by atoms with Crippen LogP contribution in [0.2, 0.25) is 0 Å². The molecule has 3 aromatic rings. The number of rotatable bonds is 5. The maximum absolute atomic E-state index is 11.0. The third-order valence-corrected chi connectivity index (χ3v) is 4.20. The number of aryl methyl sites for hydroxylation is 3. The van der Waals surface area contributed by atoms with Crippen molar-refractivity contribution < 1.29 is 14.4 Å². The second-order valence-electron chi connectivity index (χ2n) is 6.17. The summed E-state index contributed by atoms with van der Waals surface area (Å²) in [6, 6.07) is 5.48. The molecule has 9 nitrogen and oxygen atoms in total. The van der Waals surface area contributed by atoms with Gasteiger partial charge >= 0.3 is 5.95 Å². The summed E-state index contributed by atoms with van der Waals surface area (Å²) in [5.74, 6) is 0.858. The van der Waals surface area contributed by atoms with Crippen molar-refractivity contribution in [2.24, 2.45) is 0 Å². The maximum Gasteiger partial charge on any atom is 0.469 e. The van der Waals surface area contributed by atoms with Gasteiger partial charge in [-0.1, -0.05) is 16.0 Å². The first kappa shape index (κ1) is 19.2. The normalized spacial score (nSPS) is 10.6. The maximum atomic E-state index is 11.0. The van der Waals surface area contributed by atoms with E-state index < -0.39 is 10.9 Å². The Bertz CT molecular complexity index is 1070. The van der Waals surface area contributed by atoms with Crippen LogP contribution in [-0.2, 0) is 0 Å². The number of methoxy groups -OCH3 is 2. The summed E-state index contributed by atoms with van der Waals surface area (Å²) in [5.41, 5.74) is 4.14. The van der Waals surface area contributed by atoms with Crippen LogP contribution in [0.15, 0.2) is 24.4 Å². The molecule has 0 aliphatic heterocycles. The number of hydrogen-bond donors (Lipinski definition) is 0. The summed E-state index contributed by atoms with van der Waals surface area (Å²) in [5, 5.41) is 11.0. The fourth-order valence-electron chi connectivity index (χ4n) is 3.05. The van der Waals surface area contributed by atoms with Crippen LogP contribution in [0.1, 0.15) is 16.8 Å². The number of nitrogens with zero attached hydrogens (tertiary/aromatic N) is 5. The summed E-state index contributed by atoms with van der Waals surface area (Å²) in [6.45, 7) is 5.71. The zero-order valence-electron chi connectivity index (χ0n) is 16.2. The Morgan fingerprint density at radius 3 is 2.39 bits per heavy atom. The summed E-state index contributed by atoms with van der Waals surface area (Å²) in [4.78, 5) is 27.1. The molecule has 0 aliphatic carbocycles. The van der Waals surface area contributed by atoms with E-state index in [4.69, 9.17) is 9.47 Å². The van der Waals surface area contributed by atoms with Crippen LogP contribution in [0.5, 0.6) is 11.6 Å². The molecule has 0 atom stereocenters. The topological polar surface area (TPSA) is 113 Å². The first-order valence-electron chi connectivity index (χ1n) is 8.41. The van der Waals surface area contributed by atoms with Crippen molar-refractivity contribution >= 4 is 5.95 Å². The van der Waals surface area contributed by atoms with E-state index in [1.165, 1.54) is 13.3 Å². The molecular formula is C19H19N5O4. The average molecular weight is 381 g/mol. The summed E-state index contributed by atoms with van der Waals surface area (Å²) < 4.78 is 11.0. The van der Waals surface area contributed by atoms with Crippen LogP contribution >= 0.6 is 0 Å². The van der Waals surface area contributed by atoms with Gasteiger partial charge in [-0.2, -0.15) is 4.98 Å². The molecule has 2 heterocycles. The highest BCUT2D eigenvalue weighted by molar-refractivity contribution is 5.74. The van der Waals surface area contributed by atoms with E-state index in [2.05, 4.69) is 19.9 Å². The smallest absolute Gasteiger partial charge is 0.469 e. The lowest BCUT2D eigenvalue weighted by atomic mass is 10.0. The number of hydrogen-bond acceptors (Lipinski definition) is 8. The van der Waals surface area contributed by atoms with Gasteiger partial charge in [-0.25, -0.2) is 4.98 Å². The SMILES string of the molecule is COc1cc(C)cc(C)c1-c1nc(C)c(-c2ccnc([N+](=O)[O-])n2)c(OC)n1. The standard InChI is InChI=1S/C19H19N5O4/c1-10-8-11(2)15(14(9-10)27-4)17-21-12(3)16(18(23-17)28-5)13-6-7-20-19(22-13)24(25)26/h6-9H,1-5H3. The van der Waals surface area contributed by atoms with Gasteiger partial charge in [0, 0.05) is 6.07 Å². The molecule has 0 radical (unpaired) electrons. The Kier molecular flexibility index (Phi) is 5.16. The molecule has 0 amide bonds. The molecule has 0 spiro atoms. The summed E-state index contributed by atoms with van der Waals surface area (Å²) in [7, 11) is 3.07. The molecule has 0 fully saturated rings. The van der Waals surface area contributed by atoms with Crippen molar-refractivity contribution in [2.75, 3.05) is 14.2 Å². The third kappa shape index (κ3) is 3.46. The van der Waals surface area contributed by atoms with Gasteiger partial charge < -0.3 is 19.6 Å². The molecule has 9 heteroatoms. The van der Waals surface area contributed by atoms with Gasteiger partial charge in [-0.15, -0.1) is 0 Å². The lowest BCUT2D eigenvalue weighted by Gasteiger charge is -2.15. The molecule has 0 aliphatic rings. The van der Waals surface area contributed by atoms with Gasteiger partial charge in [-0.3, -0.25) is 0 Å². The molecule has 0 saturated heterocycles. The Labute approximate surface area is 161 Å². The number of aromatic nitrogens is 4. The fraction of sp³-hybridized carbons (Fsp3) is 0.263. The predicted molar refractivity (Wildman–Crippen MR) is 102 cm³/mol. The highest BCUT2D eigenvalue weighted by Gasteiger charge is 2.23. The van der Waals surface area contributed by atoms with Crippen LogP contribution in [0.4, 0.5) is 5.95 Å². The first-order chi connectivity index (χ1) is 13.3. The zero-order chi connectivity index (χ0) is 20.4. The first-order valence-corrected chi connectivity index (χ1v) is 8.41. The minimum absolute atomic E-state index is 0.262. The van der Waals surface area contributed by atoms with Crippen LogP contribution in [0.3, 0.4) is 0 Å². The molecule has 144 valence electrons. The van der Waals surface area contributed by atoms with Gasteiger partial charge in [0.2, 0.25) is 5.88 Å². The molecule has 2 aromatic heterocycles. The number of benzene rings is 1. The van der Waals surface area contributed by atoms with Crippen molar-refractivity contribution in [1.82, 2.24) is 19.9 Å². The van der Waals surface area contributed by atoms with Crippen molar-refractivity contribution in [1.29, 1.82) is 0 Å². The monoisotopic (exact) mass is 381 g/mol. The van der Waals surface area contributed by atoms with Crippen LogP contribution in [0.25, 0.3) is 22.6 Å². The zero-order valence-corrected chi connectivity index (χ0v) is 16.2. The van der Waals surface area contributed by atoms with E-state index in [9.17, 15) is 10.1 Å². The summed E-state index contributed by atoms with van der Waals surface area (Å²) in [6.07, 6.45) is 1.32. The van der Waals surface area contributed by atoms with Crippen molar-refractivity contribution in [3.05, 3.63) is 51.3 Å². The Balaban J connectivity index is 2.22. The van der Waals surface area contributed by atoms with E-state index in [-0.39, 0.29) is 5.88 Å². The molecule has 0 bridgehead atoms. The molecule has 0 saturated carbocycles. The Morgan fingerprint density at radius 1 is 1.00 bits per heavy atom. The second kappa shape index (κ2) is 7.55. The lowest BCUT2D eigenvalue weighted by molar-refractivity contribution is -0.394. The molecular weight excluding hydrogens is 362 g/mol. The molecule has 0 unspecified atom stereocenters. The quantitative estimate of drug-likeness (QED) is 0.488. The molecule has 0 N–H and O–H groups in total. The van der Waals surface area contributed by atoms with Crippen molar-refractivity contribution in [3.8, 4) is 34.3 Å². The minimum atomic E-state index is -0.652. The van der Waals surface area contributed by atoms with Gasteiger partial charge in [0.05, 0.1) is 25.5 Å². The average Bonchev–Trinajstić information content (AvgIpc) is 2.66. The van der Waals surface area contributed by atoms with Crippen molar-refractivity contribution in [3.63, 3.8) is 0 Å². The van der Waals surface area contributed by atoms with Crippen LogP contribution in [-0.4, -0.2) is 39.1 Å². The van der Waals surface area contributed by atoms with E-state index in [1.807, 2.05) is 26.0 Å². The third-order valence-electron chi connectivity index (χ3n) is 4.20. The highest BCUT2D eigenvalue weighted by atomic mass is 16.6. The lowest BCUT2D eigenvalue weighted by Crippen LogP contribution is -2.04. The molecule has 1 aromatic carbocycles. The van der Waals surface area contributed by atoms with Gasteiger partial charge in [0.25, 0.3) is 0 Å². The van der Waals surface area contributed by atoms with E-state index >= 15 is 0 Å².